The second-order valence-electron chi connectivity index (χ2n) is 4.32. The summed E-state index contributed by atoms with van der Waals surface area (Å²) in [6, 6.07) is 1.99. The summed E-state index contributed by atoms with van der Waals surface area (Å²) >= 11 is 0. The highest BCUT2D eigenvalue weighted by molar-refractivity contribution is 5.09. The van der Waals surface area contributed by atoms with Crippen molar-refractivity contribution < 1.29 is 5.11 Å². The van der Waals surface area contributed by atoms with Crippen LogP contribution in [0.25, 0.3) is 0 Å². The number of aliphatic hydroxyl groups is 1. The lowest BCUT2D eigenvalue weighted by molar-refractivity contribution is 0.0480. The maximum atomic E-state index is 10.1. The average molecular weight is 196 g/mol. The molecule has 0 aliphatic rings. The van der Waals surface area contributed by atoms with Gasteiger partial charge < -0.3 is 5.11 Å². The molecule has 0 bridgehead atoms. The number of H-pyrrole nitrogens is 1. The summed E-state index contributed by atoms with van der Waals surface area (Å²) < 4.78 is 0. The molecule has 0 saturated heterocycles. The first-order valence-electron chi connectivity index (χ1n) is 5.27. The van der Waals surface area contributed by atoms with Crippen molar-refractivity contribution in [1.29, 1.82) is 0 Å². The van der Waals surface area contributed by atoms with E-state index in [-0.39, 0.29) is 0 Å². The van der Waals surface area contributed by atoms with Gasteiger partial charge in [0.05, 0.1) is 11.3 Å². The van der Waals surface area contributed by atoms with Crippen molar-refractivity contribution in [3.63, 3.8) is 0 Å². The maximum absolute atomic E-state index is 10.1. The zero-order chi connectivity index (χ0) is 10.6. The SMILES string of the molecule is CCCCC(C)(O)Cc1cc(C)[nH]n1. The van der Waals surface area contributed by atoms with E-state index in [1.54, 1.807) is 0 Å². The molecule has 1 aromatic rings. The summed E-state index contributed by atoms with van der Waals surface area (Å²) in [6.45, 7) is 5.98. The van der Waals surface area contributed by atoms with Gasteiger partial charge in [-0.15, -0.1) is 0 Å². The Labute approximate surface area is 85.5 Å². The van der Waals surface area contributed by atoms with Gasteiger partial charge in [0.25, 0.3) is 0 Å². The highest BCUT2D eigenvalue weighted by Crippen LogP contribution is 2.18. The molecule has 80 valence electrons. The summed E-state index contributed by atoms with van der Waals surface area (Å²) in [5.74, 6) is 0. The lowest BCUT2D eigenvalue weighted by Gasteiger charge is -2.21. The van der Waals surface area contributed by atoms with Crippen LogP contribution < -0.4 is 0 Å². The third-order valence-electron chi connectivity index (χ3n) is 2.39. The van der Waals surface area contributed by atoms with Gasteiger partial charge in [-0.05, 0) is 26.3 Å². The van der Waals surface area contributed by atoms with Crippen LogP contribution in [0.15, 0.2) is 6.07 Å². The molecule has 3 heteroatoms. The van der Waals surface area contributed by atoms with E-state index in [4.69, 9.17) is 0 Å². The molecule has 0 aliphatic heterocycles. The Morgan fingerprint density at radius 2 is 2.29 bits per heavy atom. The summed E-state index contributed by atoms with van der Waals surface area (Å²) in [6.07, 6.45) is 3.67. The van der Waals surface area contributed by atoms with Gasteiger partial charge >= 0.3 is 0 Å². The first kappa shape index (κ1) is 11.2. The molecule has 0 saturated carbocycles. The minimum Gasteiger partial charge on any atom is -0.390 e. The van der Waals surface area contributed by atoms with Crippen molar-refractivity contribution in [2.75, 3.05) is 0 Å². The number of hydrogen-bond donors (Lipinski definition) is 2. The van der Waals surface area contributed by atoms with Crippen LogP contribution in [0, 0.1) is 6.92 Å². The molecular formula is C11H20N2O. The Balaban J connectivity index is 2.49. The summed E-state index contributed by atoms with van der Waals surface area (Å²) in [4.78, 5) is 0. The van der Waals surface area contributed by atoms with E-state index in [1.165, 1.54) is 0 Å². The van der Waals surface area contributed by atoms with Crippen molar-refractivity contribution in [2.24, 2.45) is 0 Å². The molecule has 2 N–H and O–H groups in total. The number of aryl methyl sites for hydroxylation is 1. The molecular weight excluding hydrogens is 176 g/mol. The van der Waals surface area contributed by atoms with Gasteiger partial charge in [-0.1, -0.05) is 19.8 Å². The van der Waals surface area contributed by atoms with E-state index in [0.29, 0.717) is 6.42 Å². The Kier molecular flexibility index (Phi) is 3.69. The molecule has 1 aromatic heterocycles. The van der Waals surface area contributed by atoms with Crippen LogP contribution in [0.1, 0.15) is 44.5 Å². The lowest BCUT2D eigenvalue weighted by atomic mass is 9.94. The van der Waals surface area contributed by atoms with Crippen LogP contribution >= 0.6 is 0 Å². The molecule has 1 rings (SSSR count). The van der Waals surface area contributed by atoms with Crippen LogP contribution in [-0.4, -0.2) is 20.9 Å². The molecule has 0 radical (unpaired) electrons. The molecule has 1 unspecified atom stereocenters. The largest absolute Gasteiger partial charge is 0.390 e. The number of rotatable bonds is 5. The van der Waals surface area contributed by atoms with Crippen molar-refractivity contribution >= 4 is 0 Å². The number of nitrogens with one attached hydrogen (secondary N) is 1. The highest BCUT2D eigenvalue weighted by Gasteiger charge is 2.21. The Hall–Kier alpha value is -0.830. The van der Waals surface area contributed by atoms with Gasteiger partial charge in [0, 0.05) is 12.1 Å². The quantitative estimate of drug-likeness (QED) is 0.758. The zero-order valence-corrected chi connectivity index (χ0v) is 9.30. The summed E-state index contributed by atoms with van der Waals surface area (Å²) in [5, 5.41) is 17.1. The van der Waals surface area contributed by atoms with Crippen molar-refractivity contribution in [2.45, 2.75) is 52.1 Å². The third kappa shape index (κ3) is 3.50. The topological polar surface area (TPSA) is 48.9 Å². The predicted octanol–water partition coefficient (Wildman–Crippen LogP) is 2.20. The second-order valence-corrected chi connectivity index (χ2v) is 4.32. The molecule has 0 aromatic carbocycles. The molecule has 1 heterocycles. The Morgan fingerprint density at radius 3 is 2.79 bits per heavy atom. The van der Waals surface area contributed by atoms with Gasteiger partial charge in [0.1, 0.15) is 0 Å². The molecule has 0 fully saturated rings. The summed E-state index contributed by atoms with van der Waals surface area (Å²) in [7, 11) is 0. The lowest BCUT2D eigenvalue weighted by Crippen LogP contribution is -2.27. The van der Waals surface area contributed by atoms with Gasteiger partial charge in [-0.25, -0.2) is 0 Å². The van der Waals surface area contributed by atoms with Gasteiger partial charge in [0.15, 0.2) is 0 Å². The third-order valence-corrected chi connectivity index (χ3v) is 2.39. The van der Waals surface area contributed by atoms with Crippen molar-refractivity contribution in [3.05, 3.63) is 17.5 Å². The number of unbranched alkanes of at least 4 members (excludes halogenated alkanes) is 1. The van der Waals surface area contributed by atoms with Gasteiger partial charge in [-0.2, -0.15) is 5.10 Å². The fourth-order valence-corrected chi connectivity index (χ4v) is 1.60. The monoisotopic (exact) mass is 196 g/mol. The predicted molar refractivity (Wildman–Crippen MR) is 57.2 cm³/mol. The number of aromatic nitrogens is 2. The van der Waals surface area contributed by atoms with Crippen LogP contribution in [0.5, 0.6) is 0 Å². The maximum Gasteiger partial charge on any atom is 0.0675 e. The van der Waals surface area contributed by atoms with Crippen LogP contribution in [0.2, 0.25) is 0 Å². The van der Waals surface area contributed by atoms with Gasteiger partial charge in [-0.3, -0.25) is 5.10 Å². The van der Waals surface area contributed by atoms with E-state index >= 15 is 0 Å². The molecule has 0 aliphatic carbocycles. The average Bonchev–Trinajstić information content (AvgIpc) is 2.47. The fourth-order valence-electron chi connectivity index (χ4n) is 1.60. The zero-order valence-electron chi connectivity index (χ0n) is 9.30. The Bertz CT molecular complexity index is 279. The number of hydrogen-bond acceptors (Lipinski definition) is 2. The van der Waals surface area contributed by atoms with E-state index in [9.17, 15) is 5.11 Å². The van der Waals surface area contributed by atoms with E-state index < -0.39 is 5.60 Å². The summed E-state index contributed by atoms with van der Waals surface area (Å²) in [5.41, 5.74) is 1.38. The minimum absolute atomic E-state index is 0.613. The number of nitrogens with zero attached hydrogens (tertiary/aromatic N) is 1. The van der Waals surface area contributed by atoms with Crippen LogP contribution in [0.3, 0.4) is 0 Å². The highest BCUT2D eigenvalue weighted by atomic mass is 16.3. The van der Waals surface area contributed by atoms with E-state index in [1.807, 2.05) is 19.9 Å². The number of aromatic amines is 1. The smallest absolute Gasteiger partial charge is 0.0675 e. The minimum atomic E-state index is -0.613. The fraction of sp³-hybridized carbons (Fsp3) is 0.727. The first-order chi connectivity index (χ1) is 6.53. The Morgan fingerprint density at radius 1 is 1.57 bits per heavy atom. The molecule has 14 heavy (non-hydrogen) atoms. The molecule has 0 amide bonds. The molecule has 0 spiro atoms. The van der Waals surface area contributed by atoms with Crippen molar-refractivity contribution in [3.8, 4) is 0 Å². The van der Waals surface area contributed by atoms with Gasteiger partial charge in [0.2, 0.25) is 0 Å². The normalized spacial score (nSPS) is 15.4. The first-order valence-corrected chi connectivity index (χ1v) is 5.27. The van der Waals surface area contributed by atoms with Crippen molar-refractivity contribution in [1.82, 2.24) is 10.2 Å². The van der Waals surface area contributed by atoms with E-state index in [2.05, 4.69) is 17.1 Å². The van der Waals surface area contributed by atoms with Crippen LogP contribution in [0.4, 0.5) is 0 Å². The molecule has 3 nitrogen and oxygen atoms in total. The standard InChI is InChI=1S/C11H20N2O/c1-4-5-6-11(3,14)8-10-7-9(2)12-13-10/h7,14H,4-6,8H2,1-3H3,(H,12,13). The second kappa shape index (κ2) is 4.60. The van der Waals surface area contributed by atoms with E-state index in [0.717, 1.165) is 30.7 Å². The van der Waals surface area contributed by atoms with Crippen LogP contribution in [-0.2, 0) is 6.42 Å². The molecule has 1 atom stereocenters.